The molecule has 0 bridgehead atoms. The normalized spacial score (nSPS) is 19.0. The van der Waals surface area contributed by atoms with Crippen molar-refractivity contribution in [2.45, 2.75) is 32.9 Å². The van der Waals surface area contributed by atoms with Gasteiger partial charge in [0.15, 0.2) is 0 Å². The molecule has 0 spiro atoms. The van der Waals surface area contributed by atoms with E-state index in [0.29, 0.717) is 29.2 Å². The van der Waals surface area contributed by atoms with Gasteiger partial charge in [-0.05, 0) is 24.6 Å². The van der Waals surface area contributed by atoms with Crippen LogP contribution in [0.3, 0.4) is 0 Å². The molecule has 168 valence electrons. The average molecular weight is 438 g/mol. The van der Waals surface area contributed by atoms with Crippen molar-refractivity contribution in [1.82, 2.24) is 20.0 Å². The molecule has 0 saturated carbocycles. The molecule has 4 rings (SSSR count). The highest BCUT2D eigenvalue weighted by Gasteiger charge is 2.32. The molecular formula is C22H26N6O4. The Kier molecular flexibility index (Phi) is 5.68. The molecule has 2 aromatic rings. The van der Waals surface area contributed by atoms with Crippen LogP contribution >= 0.6 is 0 Å². The van der Waals surface area contributed by atoms with Gasteiger partial charge in [-0.25, -0.2) is 4.79 Å². The zero-order valence-corrected chi connectivity index (χ0v) is 18.5. The van der Waals surface area contributed by atoms with E-state index in [4.69, 9.17) is 4.74 Å². The quantitative estimate of drug-likeness (QED) is 0.719. The second-order valence-electron chi connectivity index (χ2n) is 8.25. The van der Waals surface area contributed by atoms with Crippen molar-refractivity contribution in [2.24, 2.45) is 10.9 Å². The molecule has 32 heavy (non-hydrogen) atoms. The largest absolute Gasteiger partial charge is 0.453 e. The first kappa shape index (κ1) is 21.5. The fourth-order valence-electron chi connectivity index (χ4n) is 3.63. The second-order valence-corrected chi connectivity index (χ2v) is 8.25. The number of anilines is 1. The Hall–Kier alpha value is -3.69. The third-order valence-electron chi connectivity index (χ3n) is 5.49. The number of fused-ring (bicyclic) bond motifs is 1. The molecular weight excluding hydrogens is 412 g/mol. The summed E-state index contributed by atoms with van der Waals surface area (Å²) in [5, 5.41) is 10.2. The second kappa shape index (κ2) is 8.45. The predicted octanol–water partition coefficient (Wildman–Crippen LogP) is 2.60. The monoisotopic (exact) mass is 438 g/mol. The van der Waals surface area contributed by atoms with Gasteiger partial charge in [0.05, 0.1) is 31.2 Å². The van der Waals surface area contributed by atoms with E-state index >= 15 is 0 Å². The van der Waals surface area contributed by atoms with Crippen molar-refractivity contribution < 1.29 is 19.1 Å². The summed E-state index contributed by atoms with van der Waals surface area (Å²) >= 11 is 0. The van der Waals surface area contributed by atoms with Crippen molar-refractivity contribution in [3.8, 4) is 11.3 Å². The van der Waals surface area contributed by atoms with Gasteiger partial charge in [-0.3, -0.25) is 24.6 Å². The number of hydrogen-bond donors (Lipinski definition) is 2. The summed E-state index contributed by atoms with van der Waals surface area (Å²) in [5.74, 6) is -0.478. The smallest absolute Gasteiger partial charge is 0.411 e. The van der Waals surface area contributed by atoms with E-state index in [1.165, 1.54) is 7.11 Å². The van der Waals surface area contributed by atoms with E-state index in [1.807, 2.05) is 31.3 Å². The Bertz CT molecular complexity index is 1100. The van der Waals surface area contributed by atoms with Gasteiger partial charge in [-0.1, -0.05) is 26.0 Å². The highest BCUT2D eigenvalue weighted by atomic mass is 16.5. The minimum Gasteiger partial charge on any atom is -0.453 e. The number of nitrogens with one attached hydrogen (secondary N) is 2. The van der Waals surface area contributed by atoms with E-state index in [1.54, 1.807) is 29.5 Å². The summed E-state index contributed by atoms with van der Waals surface area (Å²) in [5.41, 5.74) is 3.13. The van der Waals surface area contributed by atoms with Crippen molar-refractivity contribution in [3.05, 3.63) is 35.5 Å². The highest BCUT2D eigenvalue weighted by Crippen LogP contribution is 2.35. The maximum Gasteiger partial charge on any atom is 0.411 e. The van der Waals surface area contributed by atoms with Gasteiger partial charge in [-0.15, -0.1) is 0 Å². The van der Waals surface area contributed by atoms with Crippen LogP contribution in [-0.2, 0) is 9.53 Å². The Morgan fingerprint density at radius 3 is 2.69 bits per heavy atom. The lowest BCUT2D eigenvalue weighted by Gasteiger charge is -2.31. The van der Waals surface area contributed by atoms with Gasteiger partial charge in [0.25, 0.3) is 5.91 Å². The lowest BCUT2D eigenvalue weighted by atomic mass is 10.0. The molecule has 1 aromatic heterocycles. The number of aromatic nitrogens is 2. The molecule has 1 unspecified atom stereocenters. The standard InChI is InChI=1S/C22H26N6O4/c1-12(2)20(29)24-11-27-10-13(3)28-19(21(27)30)8-17(26-28)15-6-5-14(18-9-23-18)7-16(15)25-22(31)32-4/h5-9,12-13,18H,10-11H2,1-4H3,(H,24,29)(H,25,31)/t13-,18?/m0/s1. The zero-order chi connectivity index (χ0) is 23.0. The third kappa shape index (κ3) is 4.20. The molecule has 2 atom stereocenters. The highest BCUT2D eigenvalue weighted by molar-refractivity contribution is 5.96. The Balaban J connectivity index is 1.63. The number of ether oxygens (including phenoxy) is 1. The van der Waals surface area contributed by atoms with Gasteiger partial charge in [0, 0.05) is 24.2 Å². The molecule has 0 saturated heterocycles. The minimum absolute atomic E-state index is 0.0219. The number of methoxy groups -OCH3 is 1. The van der Waals surface area contributed by atoms with Crippen molar-refractivity contribution in [1.29, 1.82) is 0 Å². The number of amides is 3. The van der Waals surface area contributed by atoms with Crippen molar-refractivity contribution in [3.63, 3.8) is 0 Å². The van der Waals surface area contributed by atoms with Crippen LogP contribution in [0.4, 0.5) is 10.5 Å². The van der Waals surface area contributed by atoms with Crippen LogP contribution in [-0.4, -0.2) is 59.1 Å². The fourth-order valence-corrected chi connectivity index (χ4v) is 3.63. The van der Waals surface area contributed by atoms with E-state index in [9.17, 15) is 14.4 Å². The summed E-state index contributed by atoms with van der Waals surface area (Å²) in [6.45, 7) is 6.14. The van der Waals surface area contributed by atoms with Crippen molar-refractivity contribution >= 4 is 29.8 Å². The summed E-state index contributed by atoms with van der Waals surface area (Å²) < 4.78 is 6.44. The van der Waals surface area contributed by atoms with E-state index in [2.05, 4.69) is 20.7 Å². The number of rotatable bonds is 6. The van der Waals surface area contributed by atoms with Crippen molar-refractivity contribution in [2.75, 3.05) is 25.6 Å². The summed E-state index contributed by atoms with van der Waals surface area (Å²) in [4.78, 5) is 42.6. The molecule has 10 nitrogen and oxygen atoms in total. The number of carbonyl (C=O) groups excluding carboxylic acids is 3. The van der Waals surface area contributed by atoms with Crippen LogP contribution in [0.5, 0.6) is 0 Å². The van der Waals surface area contributed by atoms with E-state index in [0.717, 1.165) is 5.56 Å². The summed E-state index contributed by atoms with van der Waals surface area (Å²) in [6, 6.07) is 7.26. The van der Waals surface area contributed by atoms with Crippen LogP contribution in [0, 0.1) is 5.92 Å². The van der Waals surface area contributed by atoms with Crippen LogP contribution < -0.4 is 10.6 Å². The Labute approximate surface area is 185 Å². The van der Waals surface area contributed by atoms with Gasteiger partial charge in [0.1, 0.15) is 11.7 Å². The third-order valence-corrected chi connectivity index (χ3v) is 5.49. The topological polar surface area (TPSA) is 118 Å². The average Bonchev–Trinajstić information content (AvgIpc) is 3.52. The van der Waals surface area contributed by atoms with Crippen LogP contribution in [0.1, 0.15) is 48.9 Å². The maximum absolute atomic E-state index is 13.1. The lowest BCUT2D eigenvalue weighted by molar-refractivity contribution is -0.124. The van der Waals surface area contributed by atoms with E-state index in [-0.39, 0.29) is 36.5 Å². The molecule has 3 heterocycles. The molecule has 0 radical (unpaired) electrons. The van der Waals surface area contributed by atoms with Gasteiger partial charge >= 0.3 is 6.09 Å². The Morgan fingerprint density at radius 2 is 2.03 bits per heavy atom. The summed E-state index contributed by atoms with van der Waals surface area (Å²) in [6.07, 6.45) is 1.22. The van der Waals surface area contributed by atoms with Gasteiger partial charge in [-0.2, -0.15) is 5.10 Å². The molecule has 10 heteroatoms. The minimum atomic E-state index is -0.597. The number of aliphatic imine (C=N–C) groups is 1. The molecule has 2 aliphatic heterocycles. The first-order chi connectivity index (χ1) is 15.3. The molecule has 1 aromatic carbocycles. The predicted molar refractivity (Wildman–Crippen MR) is 119 cm³/mol. The van der Waals surface area contributed by atoms with Gasteiger partial charge < -0.3 is 15.0 Å². The maximum atomic E-state index is 13.1. The number of hydrogen-bond acceptors (Lipinski definition) is 6. The van der Waals surface area contributed by atoms with Crippen LogP contribution in [0.25, 0.3) is 11.3 Å². The molecule has 2 aliphatic rings. The zero-order valence-electron chi connectivity index (χ0n) is 18.5. The van der Waals surface area contributed by atoms with E-state index < -0.39 is 6.09 Å². The lowest BCUT2D eigenvalue weighted by Crippen LogP contribution is -2.48. The van der Waals surface area contributed by atoms with Crippen LogP contribution in [0.15, 0.2) is 29.3 Å². The van der Waals surface area contributed by atoms with Gasteiger partial charge in [0.2, 0.25) is 5.91 Å². The fraction of sp³-hybridized carbons (Fsp3) is 0.409. The van der Waals surface area contributed by atoms with Crippen LogP contribution in [0.2, 0.25) is 0 Å². The first-order valence-corrected chi connectivity index (χ1v) is 10.5. The first-order valence-electron chi connectivity index (χ1n) is 10.5. The number of nitrogens with zero attached hydrogens (tertiary/aromatic N) is 4. The SMILES string of the molecule is COC(=O)Nc1cc(C2C=N2)ccc1-c1cc2n(n1)[C@@H](C)CN(CNC(=O)C(C)C)C2=O. The molecule has 2 N–H and O–H groups in total. The number of carbonyl (C=O) groups is 3. The summed E-state index contributed by atoms with van der Waals surface area (Å²) in [7, 11) is 1.30. The number of benzene rings is 1. The Morgan fingerprint density at radius 1 is 1.28 bits per heavy atom. The molecule has 0 aliphatic carbocycles. The molecule has 0 fully saturated rings. The molecule has 3 amide bonds.